The fourth-order valence-electron chi connectivity index (χ4n) is 2.67. The van der Waals surface area contributed by atoms with E-state index < -0.39 is 12.0 Å². The van der Waals surface area contributed by atoms with Gasteiger partial charge in [-0.2, -0.15) is 0 Å². The van der Waals surface area contributed by atoms with Gasteiger partial charge in [0.05, 0.1) is 6.61 Å². The van der Waals surface area contributed by atoms with E-state index in [1.807, 2.05) is 31.2 Å². The molecule has 22 heavy (non-hydrogen) atoms. The molecule has 0 radical (unpaired) electrons. The fraction of sp³-hybridized carbons (Fsp3) is 0.529. The summed E-state index contributed by atoms with van der Waals surface area (Å²) in [6.45, 7) is 3.08. The zero-order chi connectivity index (χ0) is 15.9. The van der Waals surface area contributed by atoms with Crippen molar-refractivity contribution in [2.45, 2.75) is 38.6 Å². The minimum atomic E-state index is -0.987. The van der Waals surface area contributed by atoms with Crippen LogP contribution in [0, 0.1) is 12.8 Å². The number of carbonyl (C=O) groups excluding carboxylic acids is 1. The highest BCUT2D eigenvalue weighted by Crippen LogP contribution is 2.18. The van der Waals surface area contributed by atoms with Gasteiger partial charge in [0.15, 0.2) is 0 Å². The summed E-state index contributed by atoms with van der Waals surface area (Å²) in [7, 11) is 0. The number of benzene rings is 1. The Kier molecular flexibility index (Phi) is 5.95. The molecule has 1 amide bonds. The number of amides is 1. The van der Waals surface area contributed by atoms with Crippen LogP contribution in [-0.4, -0.2) is 36.2 Å². The summed E-state index contributed by atoms with van der Waals surface area (Å²) in [5.74, 6) is -1.35. The van der Waals surface area contributed by atoms with Gasteiger partial charge in [-0.15, -0.1) is 0 Å². The van der Waals surface area contributed by atoms with Crippen molar-refractivity contribution >= 4 is 11.9 Å². The van der Waals surface area contributed by atoms with Gasteiger partial charge in [0.25, 0.3) is 0 Å². The SMILES string of the molecule is Cc1ccc(CCC(=O)NC(C(=O)O)C2CCCOC2)cc1. The summed E-state index contributed by atoms with van der Waals surface area (Å²) >= 11 is 0. The maximum atomic E-state index is 12.0. The smallest absolute Gasteiger partial charge is 0.326 e. The molecule has 120 valence electrons. The molecule has 1 aromatic carbocycles. The molecule has 0 aliphatic carbocycles. The maximum Gasteiger partial charge on any atom is 0.326 e. The van der Waals surface area contributed by atoms with Crippen LogP contribution in [0.3, 0.4) is 0 Å². The molecule has 1 aliphatic heterocycles. The predicted molar refractivity (Wildman–Crippen MR) is 82.6 cm³/mol. The zero-order valence-corrected chi connectivity index (χ0v) is 12.9. The standard InChI is InChI=1S/C17H23NO4/c1-12-4-6-13(7-5-12)8-9-15(19)18-16(17(20)21)14-3-2-10-22-11-14/h4-7,14,16H,2-3,8-11H2,1H3,(H,18,19)(H,20,21). The van der Waals surface area contributed by atoms with Gasteiger partial charge in [-0.3, -0.25) is 4.79 Å². The lowest BCUT2D eigenvalue weighted by Gasteiger charge is -2.28. The van der Waals surface area contributed by atoms with Crippen LogP contribution in [0.15, 0.2) is 24.3 Å². The van der Waals surface area contributed by atoms with Crippen molar-refractivity contribution in [1.82, 2.24) is 5.32 Å². The summed E-state index contributed by atoms with van der Waals surface area (Å²) < 4.78 is 5.32. The summed E-state index contributed by atoms with van der Waals surface area (Å²) in [5.41, 5.74) is 2.25. The van der Waals surface area contributed by atoms with Crippen LogP contribution in [0.1, 0.15) is 30.4 Å². The Morgan fingerprint density at radius 1 is 1.36 bits per heavy atom. The van der Waals surface area contributed by atoms with Crippen molar-refractivity contribution in [1.29, 1.82) is 0 Å². The molecule has 1 heterocycles. The zero-order valence-electron chi connectivity index (χ0n) is 12.9. The predicted octanol–water partition coefficient (Wildman–Crippen LogP) is 1.92. The number of hydrogen-bond acceptors (Lipinski definition) is 3. The number of aryl methyl sites for hydroxylation is 2. The van der Waals surface area contributed by atoms with E-state index in [1.165, 1.54) is 5.56 Å². The van der Waals surface area contributed by atoms with Crippen molar-refractivity contribution in [3.8, 4) is 0 Å². The van der Waals surface area contributed by atoms with Gasteiger partial charge in [-0.1, -0.05) is 29.8 Å². The summed E-state index contributed by atoms with van der Waals surface area (Å²) in [6, 6.07) is 7.14. The topological polar surface area (TPSA) is 75.6 Å². The molecule has 0 bridgehead atoms. The van der Waals surface area contributed by atoms with Crippen LogP contribution in [0.5, 0.6) is 0 Å². The fourth-order valence-corrected chi connectivity index (χ4v) is 2.67. The van der Waals surface area contributed by atoms with Crippen molar-refractivity contribution in [3.05, 3.63) is 35.4 Å². The van der Waals surface area contributed by atoms with Crippen LogP contribution in [0.25, 0.3) is 0 Å². The van der Waals surface area contributed by atoms with Gasteiger partial charge in [0, 0.05) is 18.9 Å². The minimum absolute atomic E-state index is 0.144. The molecule has 1 aliphatic rings. The van der Waals surface area contributed by atoms with Crippen LogP contribution in [0.2, 0.25) is 0 Å². The highest BCUT2D eigenvalue weighted by atomic mass is 16.5. The lowest BCUT2D eigenvalue weighted by atomic mass is 9.93. The van der Waals surface area contributed by atoms with Crippen LogP contribution >= 0.6 is 0 Å². The van der Waals surface area contributed by atoms with Gasteiger partial charge in [-0.25, -0.2) is 4.79 Å². The van der Waals surface area contributed by atoms with Crippen LogP contribution in [-0.2, 0) is 20.7 Å². The number of carboxylic acid groups (broad SMARTS) is 1. The summed E-state index contributed by atoms with van der Waals surface area (Å²) in [6.07, 6.45) is 2.52. The van der Waals surface area contributed by atoms with Crippen LogP contribution in [0.4, 0.5) is 0 Å². The lowest BCUT2D eigenvalue weighted by Crippen LogP contribution is -2.48. The molecule has 1 fully saturated rings. The second kappa shape index (κ2) is 7.94. The summed E-state index contributed by atoms with van der Waals surface area (Å²) in [5, 5.41) is 12.0. The average Bonchev–Trinajstić information content (AvgIpc) is 2.52. The lowest BCUT2D eigenvalue weighted by molar-refractivity contribution is -0.145. The molecule has 0 spiro atoms. The molecule has 0 aromatic heterocycles. The van der Waals surface area contributed by atoms with E-state index in [9.17, 15) is 14.7 Å². The van der Waals surface area contributed by atoms with Crippen molar-refractivity contribution < 1.29 is 19.4 Å². The maximum absolute atomic E-state index is 12.0. The molecular weight excluding hydrogens is 282 g/mol. The Hall–Kier alpha value is -1.88. The highest BCUT2D eigenvalue weighted by molar-refractivity contribution is 5.83. The third kappa shape index (κ3) is 4.84. The van der Waals surface area contributed by atoms with E-state index in [0.29, 0.717) is 26.1 Å². The monoisotopic (exact) mass is 305 g/mol. The molecule has 2 unspecified atom stereocenters. The quantitative estimate of drug-likeness (QED) is 0.842. The molecule has 5 nitrogen and oxygen atoms in total. The molecule has 5 heteroatoms. The van der Waals surface area contributed by atoms with Gasteiger partial charge in [-0.05, 0) is 31.7 Å². The van der Waals surface area contributed by atoms with E-state index in [1.54, 1.807) is 0 Å². The number of carboxylic acids is 1. The molecular formula is C17H23NO4. The number of nitrogens with one attached hydrogen (secondary N) is 1. The normalized spacial score (nSPS) is 19.4. The molecule has 0 saturated carbocycles. The minimum Gasteiger partial charge on any atom is -0.480 e. The Balaban J connectivity index is 1.85. The summed E-state index contributed by atoms with van der Waals surface area (Å²) in [4.78, 5) is 23.4. The van der Waals surface area contributed by atoms with E-state index in [0.717, 1.165) is 18.4 Å². The number of carbonyl (C=O) groups is 2. The van der Waals surface area contributed by atoms with Gasteiger partial charge < -0.3 is 15.2 Å². The Morgan fingerprint density at radius 2 is 2.09 bits per heavy atom. The first-order valence-electron chi connectivity index (χ1n) is 7.71. The Labute approximate surface area is 130 Å². The van der Waals surface area contributed by atoms with Crippen molar-refractivity contribution in [2.75, 3.05) is 13.2 Å². The number of aliphatic carboxylic acids is 1. The molecule has 2 N–H and O–H groups in total. The van der Waals surface area contributed by atoms with Crippen LogP contribution < -0.4 is 5.32 Å². The van der Waals surface area contributed by atoms with E-state index in [-0.39, 0.29) is 11.8 Å². The van der Waals surface area contributed by atoms with Crippen molar-refractivity contribution in [2.24, 2.45) is 5.92 Å². The average molecular weight is 305 g/mol. The second-order valence-corrected chi connectivity index (χ2v) is 5.85. The second-order valence-electron chi connectivity index (χ2n) is 5.85. The number of ether oxygens (including phenoxy) is 1. The molecule has 2 rings (SSSR count). The molecule has 2 atom stereocenters. The number of rotatable bonds is 6. The van der Waals surface area contributed by atoms with Gasteiger partial charge in [0.2, 0.25) is 5.91 Å². The molecule has 1 aromatic rings. The highest BCUT2D eigenvalue weighted by Gasteiger charge is 2.31. The first-order valence-corrected chi connectivity index (χ1v) is 7.71. The van der Waals surface area contributed by atoms with Gasteiger partial charge in [0.1, 0.15) is 6.04 Å². The largest absolute Gasteiger partial charge is 0.480 e. The van der Waals surface area contributed by atoms with Gasteiger partial charge >= 0.3 is 5.97 Å². The van der Waals surface area contributed by atoms with E-state index in [2.05, 4.69) is 5.32 Å². The first-order chi connectivity index (χ1) is 10.6. The number of hydrogen-bond donors (Lipinski definition) is 2. The third-order valence-electron chi connectivity index (χ3n) is 4.01. The molecule has 1 saturated heterocycles. The van der Waals surface area contributed by atoms with E-state index in [4.69, 9.17) is 4.74 Å². The van der Waals surface area contributed by atoms with Crippen molar-refractivity contribution in [3.63, 3.8) is 0 Å². The van der Waals surface area contributed by atoms with E-state index >= 15 is 0 Å². The third-order valence-corrected chi connectivity index (χ3v) is 4.01. The first kappa shape index (κ1) is 16.5. The Bertz CT molecular complexity index is 506. The Morgan fingerprint density at radius 3 is 2.68 bits per heavy atom.